The van der Waals surface area contributed by atoms with Gasteiger partial charge in [-0.1, -0.05) is 24.6 Å². The summed E-state index contributed by atoms with van der Waals surface area (Å²) >= 11 is 0. The number of rotatable bonds is 3. The Bertz CT molecular complexity index is 181. The summed E-state index contributed by atoms with van der Waals surface area (Å²) in [5.41, 5.74) is 7.83. The molecular formula is C10H17N. The van der Waals surface area contributed by atoms with Gasteiger partial charge in [0.1, 0.15) is 0 Å². The van der Waals surface area contributed by atoms with Crippen molar-refractivity contribution in [2.24, 2.45) is 5.73 Å². The fourth-order valence-corrected chi connectivity index (χ4v) is 0.689. The molecule has 0 aromatic rings. The van der Waals surface area contributed by atoms with Gasteiger partial charge in [0.05, 0.1) is 0 Å². The zero-order valence-corrected chi connectivity index (χ0v) is 7.59. The minimum absolute atomic E-state index is 1.03. The van der Waals surface area contributed by atoms with E-state index in [1.165, 1.54) is 11.1 Å². The Morgan fingerprint density at radius 3 is 2.27 bits per heavy atom. The highest BCUT2D eigenvalue weighted by Gasteiger charge is 1.83. The molecule has 0 amide bonds. The topological polar surface area (TPSA) is 26.0 Å². The molecule has 0 aliphatic heterocycles. The summed E-state index contributed by atoms with van der Waals surface area (Å²) in [7, 11) is 0. The second-order valence-corrected chi connectivity index (χ2v) is 2.70. The molecule has 0 bridgehead atoms. The van der Waals surface area contributed by atoms with E-state index >= 15 is 0 Å². The largest absolute Gasteiger partial charge is 0.405 e. The number of allylic oxidation sites excluding steroid dienone is 5. The van der Waals surface area contributed by atoms with Crippen molar-refractivity contribution in [1.82, 2.24) is 0 Å². The van der Waals surface area contributed by atoms with Gasteiger partial charge in [-0.15, -0.1) is 0 Å². The molecule has 0 fully saturated rings. The molecular weight excluding hydrogens is 134 g/mol. The highest BCUT2D eigenvalue weighted by atomic mass is 14.5. The van der Waals surface area contributed by atoms with Gasteiger partial charge in [0.25, 0.3) is 0 Å². The molecule has 0 spiro atoms. The second-order valence-electron chi connectivity index (χ2n) is 2.70. The van der Waals surface area contributed by atoms with Crippen LogP contribution in [0, 0.1) is 0 Å². The van der Waals surface area contributed by atoms with Crippen LogP contribution in [0.5, 0.6) is 0 Å². The van der Waals surface area contributed by atoms with Crippen molar-refractivity contribution in [3.63, 3.8) is 0 Å². The molecule has 2 N–H and O–H groups in total. The van der Waals surface area contributed by atoms with Crippen molar-refractivity contribution in [3.05, 3.63) is 35.6 Å². The van der Waals surface area contributed by atoms with E-state index in [9.17, 15) is 0 Å². The third-order valence-corrected chi connectivity index (χ3v) is 1.35. The quantitative estimate of drug-likeness (QED) is 0.617. The third kappa shape index (κ3) is 5.46. The lowest BCUT2D eigenvalue weighted by Crippen LogP contribution is -1.79. The van der Waals surface area contributed by atoms with Crippen molar-refractivity contribution in [3.8, 4) is 0 Å². The molecule has 0 radical (unpaired) electrons. The van der Waals surface area contributed by atoms with Crippen molar-refractivity contribution in [2.75, 3.05) is 0 Å². The molecule has 62 valence electrons. The highest BCUT2D eigenvalue weighted by molar-refractivity contribution is 5.24. The summed E-state index contributed by atoms with van der Waals surface area (Å²) in [6, 6.07) is 0. The van der Waals surface area contributed by atoms with Crippen LogP contribution in [0.2, 0.25) is 0 Å². The van der Waals surface area contributed by atoms with Gasteiger partial charge in [-0.2, -0.15) is 0 Å². The fraction of sp³-hybridized carbons (Fsp3) is 0.400. The molecule has 0 saturated carbocycles. The van der Waals surface area contributed by atoms with E-state index in [1.54, 1.807) is 6.20 Å². The Labute approximate surface area is 69.3 Å². The number of hydrogen-bond acceptors (Lipinski definition) is 1. The van der Waals surface area contributed by atoms with Crippen LogP contribution in [0.1, 0.15) is 27.2 Å². The van der Waals surface area contributed by atoms with E-state index in [-0.39, 0.29) is 0 Å². The van der Waals surface area contributed by atoms with Gasteiger partial charge in [-0.05, 0) is 38.1 Å². The van der Waals surface area contributed by atoms with Gasteiger partial charge in [0.15, 0.2) is 0 Å². The third-order valence-electron chi connectivity index (χ3n) is 1.35. The Kier molecular flexibility index (Phi) is 5.26. The van der Waals surface area contributed by atoms with Gasteiger partial charge in [-0.25, -0.2) is 0 Å². The SMILES string of the molecule is CCC(/C=C\N)=C/C=C(C)C. The van der Waals surface area contributed by atoms with E-state index in [2.05, 4.69) is 32.9 Å². The molecule has 0 aliphatic rings. The first kappa shape index (κ1) is 10.0. The standard InChI is InChI=1S/C10H17N/c1-4-10(7-8-11)6-5-9(2)3/h5-8H,4,11H2,1-3H3/b8-7-,10-6-. The maximum Gasteiger partial charge on any atom is -0.00596 e. The normalized spacial score (nSPS) is 12.1. The molecule has 0 heterocycles. The molecule has 0 unspecified atom stereocenters. The van der Waals surface area contributed by atoms with Crippen LogP contribution in [-0.4, -0.2) is 0 Å². The Morgan fingerprint density at radius 2 is 1.91 bits per heavy atom. The van der Waals surface area contributed by atoms with Crippen LogP contribution in [0.4, 0.5) is 0 Å². The summed E-state index contributed by atoms with van der Waals surface area (Å²) in [5.74, 6) is 0. The monoisotopic (exact) mass is 151 g/mol. The van der Waals surface area contributed by atoms with Crippen molar-refractivity contribution in [2.45, 2.75) is 27.2 Å². The predicted octanol–water partition coefficient (Wildman–Crippen LogP) is 2.76. The van der Waals surface area contributed by atoms with Gasteiger partial charge >= 0.3 is 0 Å². The first-order valence-corrected chi connectivity index (χ1v) is 3.93. The van der Waals surface area contributed by atoms with Gasteiger partial charge in [0, 0.05) is 0 Å². The molecule has 0 aromatic carbocycles. The fourth-order valence-electron chi connectivity index (χ4n) is 0.689. The molecule has 11 heavy (non-hydrogen) atoms. The van der Waals surface area contributed by atoms with E-state index in [0.29, 0.717) is 0 Å². The smallest absolute Gasteiger partial charge is 0.00596 e. The zero-order chi connectivity index (χ0) is 8.69. The predicted molar refractivity (Wildman–Crippen MR) is 51.1 cm³/mol. The molecule has 0 aromatic heterocycles. The van der Waals surface area contributed by atoms with E-state index < -0.39 is 0 Å². The van der Waals surface area contributed by atoms with Crippen molar-refractivity contribution < 1.29 is 0 Å². The summed E-state index contributed by atoms with van der Waals surface area (Å²) in [5, 5.41) is 0. The zero-order valence-electron chi connectivity index (χ0n) is 7.59. The van der Waals surface area contributed by atoms with E-state index in [1.807, 2.05) is 6.08 Å². The minimum atomic E-state index is 1.03. The van der Waals surface area contributed by atoms with E-state index in [4.69, 9.17) is 5.73 Å². The summed E-state index contributed by atoms with van der Waals surface area (Å²) in [4.78, 5) is 0. The second kappa shape index (κ2) is 5.78. The molecule has 0 saturated heterocycles. The lowest BCUT2D eigenvalue weighted by Gasteiger charge is -1.93. The lowest BCUT2D eigenvalue weighted by atomic mass is 10.1. The average molecular weight is 151 g/mol. The van der Waals surface area contributed by atoms with Crippen LogP contribution in [-0.2, 0) is 0 Å². The summed E-state index contributed by atoms with van der Waals surface area (Å²) in [6.07, 6.45) is 8.72. The minimum Gasteiger partial charge on any atom is -0.405 e. The van der Waals surface area contributed by atoms with Gasteiger partial charge in [-0.3, -0.25) is 0 Å². The highest BCUT2D eigenvalue weighted by Crippen LogP contribution is 2.03. The van der Waals surface area contributed by atoms with Gasteiger partial charge < -0.3 is 5.73 Å². The Hall–Kier alpha value is -0.980. The molecule has 0 rings (SSSR count). The van der Waals surface area contributed by atoms with Crippen LogP contribution < -0.4 is 5.73 Å². The molecule has 0 atom stereocenters. The summed E-state index contributed by atoms with van der Waals surface area (Å²) in [6.45, 7) is 6.27. The lowest BCUT2D eigenvalue weighted by molar-refractivity contribution is 1.14. The van der Waals surface area contributed by atoms with Crippen molar-refractivity contribution in [1.29, 1.82) is 0 Å². The molecule has 1 nitrogen and oxygen atoms in total. The number of hydrogen-bond donors (Lipinski definition) is 1. The maximum absolute atomic E-state index is 5.27. The van der Waals surface area contributed by atoms with Gasteiger partial charge in [0.2, 0.25) is 0 Å². The first-order valence-electron chi connectivity index (χ1n) is 3.93. The number of nitrogens with two attached hydrogens (primary N) is 1. The maximum atomic E-state index is 5.27. The van der Waals surface area contributed by atoms with Crippen LogP contribution >= 0.6 is 0 Å². The summed E-state index contributed by atoms with van der Waals surface area (Å²) < 4.78 is 0. The Morgan fingerprint density at radius 1 is 1.27 bits per heavy atom. The Balaban J connectivity index is 4.24. The van der Waals surface area contributed by atoms with Crippen molar-refractivity contribution >= 4 is 0 Å². The van der Waals surface area contributed by atoms with Crippen LogP contribution in [0.25, 0.3) is 0 Å². The first-order chi connectivity index (χ1) is 5.20. The molecule has 1 heteroatoms. The van der Waals surface area contributed by atoms with E-state index in [0.717, 1.165) is 6.42 Å². The van der Waals surface area contributed by atoms with Crippen LogP contribution in [0.15, 0.2) is 35.6 Å². The average Bonchev–Trinajstić information content (AvgIpc) is 1.97. The molecule has 0 aliphatic carbocycles. The van der Waals surface area contributed by atoms with Crippen LogP contribution in [0.3, 0.4) is 0 Å².